The van der Waals surface area contributed by atoms with Crippen LogP contribution in [0.2, 0.25) is 0 Å². The van der Waals surface area contributed by atoms with Gasteiger partial charge in [0.25, 0.3) is 5.91 Å². The van der Waals surface area contributed by atoms with Crippen LogP contribution in [0.5, 0.6) is 0 Å². The number of nitrogens with two attached hydrogens (primary N) is 1. The molecule has 98 valence electrons. The van der Waals surface area contributed by atoms with Crippen molar-refractivity contribution in [3.8, 4) is 0 Å². The summed E-state index contributed by atoms with van der Waals surface area (Å²) in [5, 5.41) is 0.965. The van der Waals surface area contributed by atoms with Crippen molar-refractivity contribution in [1.82, 2.24) is 10.4 Å². The van der Waals surface area contributed by atoms with Gasteiger partial charge in [-0.15, -0.1) is 11.8 Å². The SMILES string of the molecule is NNC(=O)c1ccc(CSc2ccc(Br)cn2)cc1. The number of benzene rings is 1. The zero-order valence-electron chi connectivity index (χ0n) is 9.97. The molecule has 2 rings (SSSR count). The van der Waals surface area contributed by atoms with Gasteiger partial charge in [-0.1, -0.05) is 12.1 Å². The van der Waals surface area contributed by atoms with E-state index in [1.807, 2.05) is 24.3 Å². The molecule has 0 aliphatic carbocycles. The standard InChI is InChI=1S/C13H12BrN3OS/c14-11-5-6-12(16-7-11)19-8-9-1-3-10(4-2-9)13(18)17-15/h1-7H,8,15H2,(H,17,18). The highest BCUT2D eigenvalue weighted by Crippen LogP contribution is 2.22. The molecule has 1 aromatic heterocycles. The quantitative estimate of drug-likeness (QED) is 0.389. The number of pyridine rings is 1. The number of amides is 1. The zero-order chi connectivity index (χ0) is 13.7. The Bertz CT molecular complexity index is 557. The van der Waals surface area contributed by atoms with Gasteiger partial charge in [0.1, 0.15) is 0 Å². The van der Waals surface area contributed by atoms with Crippen LogP contribution in [0.4, 0.5) is 0 Å². The van der Waals surface area contributed by atoms with E-state index in [1.54, 1.807) is 30.1 Å². The van der Waals surface area contributed by atoms with Gasteiger partial charge in [-0.05, 0) is 45.8 Å². The summed E-state index contributed by atoms with van der Waals surface area (Å²) < 4.78 is 0.967. The monoisotopic (exact) mass is 337 g/mol. The minimum Gasteiger partial charge on any atom is -0.290 e. The minimum atomic E-state index is -0.284. The number of rotatable bonds is 4. The lowest BCUT2D eigenvalue weighted by Crippen LogP contribution is -2.29. The normalized spacial score (nSPS) is 10.2. The molecule has 0 spiro atoms. The molecule has 0 aliphatic heterocycles. The Balaban J connectivity index is 1.96. The van der Waals surface area contributed by atoms with Gasteiger partial charge < -0.3 is 0 Å². The molecule has 0 atom stereocenters. The average Bonchev–Trinajstić information content (AvgIpc) is 2.46. The Morgan fingerprint density at radius 2 is 2.00 bits per heavy atom. The lowest BCUT2D eigenvalue weighted by molar-refractivity contribution is 0.0953. The summed E-state index contributed by atoms with van der Waals surface area (Å²) in [7, 11) is 0. The van der Waals surface area contributed by atoms with Crippen LogP contribution in [0.15, 0.2) is 52.1 Å². The summed E-state index contributed by atoms with van der Waals surface area (Å²) in [6.07, 6.45) is 1.77. The second-order valence-electron chi connectivity index (χ2n) is 3.77. The van der Waals surface area contributed by atoms with Crippen LogP contribution in [0.25, 0.3) is 0 Å². The molecule has 0 aliphatic rings. The predicted molar refractivity (Wildman–Crippen MR) is 79.6 cm³/mol. The second-order valence-corrected chi connectivity index (χ2v) is 5.69. The maximum Gasteiger partial charge on any atom is 0.265 e. The maximum atomic E-state index is 11.3. The summed E-state index contributed by atoms with van der Waals surface area (Å²) in [6, 6.07) is 11.3. The maximum absolute atomic E-state index is 11.3. The fourth-order valence-electron chi connectivity index (χ4n) is 1.44. The summed E-state index contributed by atoms with van der Waals surface area (Å²) >= 11 is 4.99. The van der Waals surface area contributed by atoms with Gasteiger partial charge in [0.05, 0.1) is 5.03 Å². The van der Waals surface area contributed by atoms with Crippen LogP contribution in [0.1, 0.15) is 15.9 Å². The number of nitrogens with one attached hydrogen (secondary N) is 1. The molecular weight excluding hydrogens is 326 g/mol. The number of hydrazine groups is 1. The van der Waals surface area contributed by atoms with E-state index in [4.69, 9.17) is 5.84 Å². The Morgan fingerprint density at radius 3 is 2.58 bits per heavy atom. The third kappa shape index (κ3) is 4.05. The Kier molecular flexibility index (Phi) is 4.95. The van der Waals surface area contributed by atoms with Crippen LogP contribution < -0.4 is 11.3 Å². The molecule has 1 heterocycles. The Labute approximate surface area is 123 Å². The van der Waals surface area contributed by atoms with Crippen LogP contribution in [0.3, 0.4) is 0 Å². The van der Waals surface area contributed by atoms with Crippen LogP contribution in [0, 0.1) is 0 Å². The first kappa shape index (κ1) is 14.0. The number of nitrogen functional groups attached to an aromatic ring is 1. The number of thioether (sulfide) groups is 1. The van der Waals surface area contributed by atoms with Crippen molar-refractivity contribution in [1.29, 1.82) is 0 Å². The summed E-state index contributed by atoms with van der Waals surface area (Å²) in [5.74, 6) is 5.59. The number of nitrogens with zero attached hydrogens (tertiary/aromatic N) is 1. The topological polar surface area (TPSA) is 68.0 Å². The highest BCUT2D eigenvalue weighted by atomic mass is 79.9. The van der Waals surface area contributed by atoms with E-state index >= 15 is 0 Å². The first-order valence-corrected chi connectivity index (χ1v) is 7.31. The van der Waals surface area contributed by atoms with Crippen molar-refractivity contribution >= 4 is 33.6 Å². The van der Waals surface area contributed by atoms with Gasteiger partial charge in [-0.3, -0.25) is 10.2 Å². The van der Waals surface area contributed by atoms with Gasteiger partial charge in [0.2, 0.25) is 0 Å². The second kappa shape index (κ2) is 6.70. The third-order valence-corrected chi connectivity index (χ3v) is 3.92. The first-order chi connectivity index (χ1) is 9.19. The predicted octanol–water partition coefficient (Wildman–Crippen LogP) is 2.74. The molecule has 2 aromatic rings. The van der Waals surface area contributed by atoms with E-state index in [-0.39, 0.29) is 5.91 Å². The van der Waals surface area contributed by atoms with Crippen molar-refractivity contribution in [2.75, 3.05) is 0 Å². The molecule has 0 bridgehead atoms. The molecule has 0 unspecified atom stereocenters. The number of hydrogen-bond acceptors (Lipinski definition) is 4. The van der Waals surface area contributed by atoms with E-state index in [0.29, 0.717) is 5.56 Å². The number of carbonyl (C=O) groups is 1. The summed E-state index contributed by atoms with van der Waals surface area (Å²) in [6.45, 7) is 0. The Morgan fingerprint density at radius 1 is 1.26 bits per heavy atom. The van der Waals surface area contributed by atoms with Crippen molar-refractivity contribution in [3.05, 3.63) is 58.2 Å². The van der Waals surface area contributed by atoms with Gasteiger partial charge in [-0.2, -0.15) is 0 Å². The molecule has 19 heavy (non-hydrogen) atoms. The van der Waals surface area contributed by atoms with Gasteiger partial charge in [-0.25, -0.2) is 10.8 Å². The lowest BCUT2D eigenvalue weighted by atomic mass is 10.1. The number of halogens is 1. The van der Waals surface area contributed by atoms with E-state index in [2.05, 4.69) is 26.3 Å². The molecule has 1 amide bonds. The molecule has 1 aromatic carbocycles. The zero-order valence-corrected chi connectivity index (χ0v) is 12.4. The van der Waals surface area contributed by atoms with Crippen LogP contribution in [-0.2, 0) is 5.75 Å². The van der Waals surface area contributed by atoms with Crippen LogP contribution >= 0.6 is 27.7 Å². The molecule has 3 N–H and O–H groups in total. The van der Waals surface area contributed by atoms with Crippen molar-refractivity contribution in [3.63, 3.8) is 0 Å². The lowest BCUT2D eigenvalue weighted by Gasteiger charge is -2.03. The highest BCUT2D eigenvalue weighted by molar-refractivity contribution is 9.10. The largest absolute Gasteiger partial charge is 0.290 e. The summed E-state index contributed by atoms with van der Waals surface area (Å²) in [4.78, 5) is 15.6. The highest BCUT2D eigenvalue weighted by Gasteiger charge is 2.03. The smallest absolute Gasteiger partial charge is 0.265 e. The molecule has 0 fully saturated rings. The van der Waals surface area contributed by atoms with E-state index in [9.17, 15) is 4.79 Å². The van der Waals surface area contributed by atoms with Gasteiger partial charge in [0.15, 0.2) is 0 Å². The van der Waals surface area contributed by atoms with Gasteiger partial charge >= 0.3 is 0 Å². The van der Waals surface area contributed by atoms with Crippen molar-refractivity contribution in [2.45, 2.75) is 10.8 Å². The van der Waals surface area contributed by atoms with E-state index in [1.165, 1.54) is 0 Å². The van der Waals surface area contributed by atoms with E-state index < -0.39 is 0 Å². The molecule has 6 heteroatoms. The van der Waals surface area contributed by atoms with Gasteiger partial charge in [0, 0.05) is 22.0 Å². The molecule has 0 radical (unpaired) electrons. The summed E-state index contributed by atoms with van der Waals surface area (Å²) in [5.41, 5.74) is 3.79. The Hall–Kier alpha value is -1.37. The fraction of sp³-hybridized carbons (Fsp3) is 0.0769. The average molecular weight is 338 g/mol. The molecule has 0 saturated heterocycles. The van der Waals surface area contributed by atoms with Crippen molar-refractivity contribution < 1.29 is 4.79 Å². The fourth-order valence-corrected chi connectivity index (χ4v) is 2.47. The van der Waals surface area contributed by atoms with E-state index in [0.717, 1.165) is 20.8 Å². The molecular formula is C13H12BrN3OS. The van der Waals surface area contributed by atoms with Crippen LogP contribution in [-0.4, -0.2) is 10.9 Å². The number of carbonyl (C=O) groups excluding carboxylic acids is 1. The third-order valence-electron chi connectivity index (χ3n) is 2.43. The molecule has 4 nitrogen and oxygen atoms in total. The van der Waals surface area contributed by atoms with Crippen molar-refractivity contribution in [2.24, 2.45) is 5.84 Å². The molecule has 0 saturated carbocycles. The number of aromatic nitrogens is 1. The minimum absolute atomic E-state index is 0.284. The first-order valence-electron chi connectivity index (χ1n) is 5.53. The number of hydrogen-bond donors (Lipinski definition) is 2.